The number of nitrogens with one attached hydrogen (secondary N) is 1. The molecule has 1 saturated heterocycles. The van der Waals surface area contributed by atoms with Crippen molar-refractivity contribution in [3.05, 3.63) is 52.5 Å². The van der Waals surface area contributed by atoms with E-state index in [9.17, 15) is 4.79 Å². The van der Waals surface area contributed by atoms with Crippen LogP contribution in [0.25, 0.3) is 0 Å². The Balaban J connectivity index is 1.54. The summed E-state index contributed by atoms with van der Waals surface area (Å²) in [5.41, 5.74) is 1.23. The van der Waals surface area contributed by atoms with E-state index >= 15 is 0 Å². The molecule has 0 aromatic heterocycles. The van der Waals surface area contributed by atoms with Crippen molar-refractivity contribution in [2.24, 2.45) is 0 Å². The van der Waals surface area contributed by atoms with E-state index in [2.05, 4.69) is 21.2 Å². The summed E-state index contributed by atoms with van der Waals surface area (Å²) in [6.07, 6.45) is 2.25. The monoisotopic (exact) mass is 449 g/mol. The van der Waals surface area contributed by atoms with Crippen molar-refractivity contribution in [2.45, 2.75) is 18.9 Å². The molecule has 150 valence electrons. The highest BCUT2D eigenvalue weighted by atomic mass is 79.9. The van der Waals surface area contributed by atoms with Gasteiger partial charge in [-0.3, -0.25) is 4.79 Å². The molecule has 1 aliphatic rings. The van der Waals surface area contributed by atoms with Gasteiger partial charge < -0.3 is 24.3 Å². The first-order valence-corrected chi connectivity index (χ1v) is 10.0. The molecule has 6 nitrogen and oxygen atoms in total. The number of hydrogen-bond donors (Lipinski definition) is 1. The van der Waals surface area contributed by atoms with Crippen LogP contribution in [0.4, 0.5) is 5.69 Å². The summed E-state index contributed by atoms with van der Waals surface area (Å²) in [5, 5.41) is 2.88. The number of amides is 1. The van der Waals surface area contributed by atoms with E-state index in [1.165, 1.54) is 0 Å². The van der Waals surface area contributed by atoms with E-state index in [4.69, 9.17) is 18.9 Å². The molecule has 0 bridgehead atoms. The first-order valence-electron chi connectivity index (χ1n) is 9.23. The summed E-state index contributed by atoms with van der Waals surface area (Å²) in [4.78, 5) is 12.5. The summed E-state index contributed by atoms with van der Waals surface area (Å²) in [5.74, 6) is 1.23. The zero-order valence-corrected chi connectivity index (χ0v) is 17.4. The van der Waals surface area contributed by atoms with Crippen molar-refractivity contribution < 1.29 is 23.7 Å². The number of hydrogen-bond acceptors (Lipinski definition) is 5. The third kappa shape index (κ3) is 5.95. The zero-order valence-electron chi connectivity index (χ0n) is 15.8. The average Bonchev–Trinajstić information content (AvgIpc) is 3.22. The Morgan fingerprint density at radius 3 is 2.68 bits per heavy atom. The van der Waals surface area contributed by atoms with Gasteiger partial charge in [-0.2, -0.15) is 0 Å². The summed E-state index contributed by atoms with van der Waals surface area (Å²) >= 11 is 3.48. The minimum Gasteiger partial charge on any atom is -0.491 e. The Labute approximate surface area is 173 Å². The van der Waals surface area contributed by atoms with Crippen LogP contribution < -0.4 is 14.8 Å². The number of ether oxygens (including phenoxy) is 4. The lowest BCUT2D eigenvalue weighted by Crippen LogP contribution is -2.16. The minimum absolute atomic E-state index is 0.149. The SMILES string of the molecule is COCCOc1ccc(NC(=O)c2ccc(OCC3CCCO3)c(Br)c2)cc1. The van der Waals surface area contributed by atoms with Gasteiger partial charge in [0.25, 0.3) is 5.91 Å². The molecular formula is C21H24BrNO5. The maximum Gasteiger partial charge on any atom is 0.255 e. The lowest BCUT2D eigenvalue weighted by molar-refractivity contribution is 0.0677. The standard InChI is InChI=1S/C21H24BrNO5/c1-25-11-12-27-17-7-5-16(6-8-17)23-21(24)15-4-9-20(19(22)13-15)28-14-18-3-2-10-26-18/h4-9,13,18H,2-3,10-12,14H2,1H3,(H,23,24). The van der Waals surface area contributed by atoms with Gasteiger partial charge in [0, 0.05) is 25.0 Å². The molecule has 1 unspecified atom stereocenters. The van der Waals surface area contributed by atoms with Gasteiger partial charge in [-0.25, -0.2) is 0 Å². The third-order valence-corrected chi connectivity index (χ3v) is 4.93. The highest BCUT2D eigenvalue weighted by Crippen LogP contribution is 2.27. The molecule has 0 radical (unpaired) electrons. The molecule has 0 aliphatic carbocycles. The lowest BCUT2D eigenvalue weighted by Gasteiger charge is -2.13. The first-order chi connectivity index (χ1) is 13.7. The van der Waals surface area contributed by atoms with Crippen molar-refractivity contribution in [1.29, 1.82) is 0 Å². The van der Waals surface area contributed by atoms with Crippen LogP contribution in [-0.2, 0) is 9.47 Å². The summed E-state index contributed by atoms with van der Waals surface area (Å²) in [6.45, 7) is 2.33. The molecule has 1 atom stereocenters. The van der Waals surface area contributed by atoms with Crippen LogP contribution in [0.3, 0.4) is 0 Å². The Kier molecular flexibility index (Phi) is 7.71. The molecule has 1 aliphatic heterocycles. The fourth-order valence-electron chi connectivity index (χ4n) is 2.80. The second-order valence-electron chi connectivity index (χ2n) is 6.41. The largest absolute Gasteiger partial charge is 0.491 e. The number of methoxy groups -OCH3 is 1. The van der Waals surface area contributed by atoms with E-state index in [1.807, 2.05) is 12.1 Å². The van der Waals surface area contributed by atoms with Crippen molar-refractivity contribution in [3.63, 3.8) is 0 Å². The van der Waals surface area contributed by atoms with Crippen LogP contribution >= 0.6 is 15.9 Å². The number of halogens is 1. The number of carbonyl (C=O) groups is 1. The molecule has 3 rings (SSSR count). The Morgan fingerprint density at radius 2 is 2.00 bits per heavy atom. The van der Waals surface area contributed by atoms with Crippen LogP contribution in [0, 0.1) is 0 Å². The van der Waals surface area contributed by atoms with E-state index < -0.39 is 0 Å². The number of benzene rings is 2. The molecule has 0 saturated carbocycles. The van der Waals surface area contributed by atoms with Crippen LogP contribution in [-0.4, -0.2) is 45.5 Å². The molecular weight excluding hydrogens is 426 g/mol. The molecule has 2 aromatic carbocycles. The number of carbonyl (C=O) groups excluding carboxylic acids is 1. The van der Waals surface area contributed by atoms with Gasteiger partial charge in [0.1, 0.15) is 24.7 Å². The predicted molar refractivity (Wildman–Crippen MR) is 110 cm³/mol. The van der Waals surface area contributed by atoms with Crippen molar-refractivity contribution >= 4 is 27.5 Å². The minimum atomic E-state index is -0.195. The van der Waals surface area contributed by atoms with Gasteiger partial charge in [-0.15, -0.1) is 0 Å². The van der Waals surface area contributed by atoms with Gasteiger partial charge in [-0.1, -0.05) is 0 Å². The molecule has 1 amide bonds. The van der Waals surface area contributed by atoms with Crippen LogP contribution in [0.1, 0.15) is 23.2 Å². The van der Waals surface area contributed by atoms with E-state index in [0.717, 1.165) is 29.7 Å². The Hall–Kier alpha value is -2.09. The van der Waals surface area contributed by atoms with Crippen molar-refractivity contribution in [2.75, 3.05) is 38.9 Å². The van der Waals surface area contributed by atoms with Gasteiger partial charge in [0.15, 0.2) is 0 Å². The lowest BCUT2D eigenvalue weighted by atomic mass is 10.2. The van der Waals surface area contributed by atoms with E-state index in [1.54, 1.807) is 37.4 Å². The van der Waals surface area contributed by atoms with Crippen LogP contribution in [0.15, 0.2) is 46.9 Å². The van der Waals surface area contributed by atoms with E-state index in [0.29, 0.717) is 36.8 Å². The predicted octanol–water partition coefficient (Wildman–Crippen LogP) is 4.28. The number of rotatable bonds is 9. The third-order valence-electron chi connectivity index (χ3n) is 4.31. The molecule has 7 heteroatoms. The van der Waals surface area contributed by atoms with Gasteiger partial charge in [0.05, 0.1) is 17.2 Å². The fraction of sp³-hybridized carbons (Fsp3) is 0.381. The molecule has 1 heterocycles. The topological polar surface area (TPSA) is 66.0 Å². The quantitative estimate of drug-likeness (QED) is 0.578. The molecule has 0 spiro atoms. The zero-order chi connectivity index (χ0) is 19.8. The maximum absolute atomic E-state index is 12.5. The number of anilines is 1. The summed E-state index contributed by atoms with van der Waals surface area (Å²) < 4.78 is 22.6. The van der Waals surface area contributed by atoms with Gasteiger partial charge in [0.2, 0.25) is 0 Å². The van der Waals surface area contributed by atoms with Crippen molar-refractivity contribution in [1.82, 2.24) is 0 Å². The average molecular weight is 450 g/mol. The Bertz CT molecular complexity index is 775. The Morgan fingerprint density at radius 1 is 1.18 bits per heavy atom. The van der Waals surface area contributed by atoms with E-state index in [-0.39, 0.29) is 12.0 Å². The first kappa shape index (κ1) is 20.6. The second-order valence-corrected chi connectivity index (χ2v) is 7.27. The maximum atomic E-state index is 12.5. The molecule has 2 aromatic rings. The highest BCUT2D eigenvalue weighted by Gasteiger charge is 2.17. The summed E-state index contributed by atoms with van der Waals surface area (Å²) in [7, 11) is 1.63. The molecule has 1 N–H and O–H groups in total. The van der Waals surface area contributed by atoms with Crippen molar-refractivity contribution in [3.8, 4) is 11.5 Å². The fourth-order valence-corrected chi connectivity index (χ4v) is 3.29. The highest BCUT2D eigenvalue weighted by molar-refractivity contribution is 9.10. The smallest absolute Gasteiger partial charge is 0.255 e. The van der Waals surface area contributed by atoms with Crippen LogP contribution in [0.2, 0.25) is 0 Å². The normalized spacial score (nSPS) is 16.0. The van der Waals surface area contributed by atoms with Gasteiger partial charge in [-0.05, 0) is 71.2 Å². The van der Waals surface area contributed by atoms with Crippen LogP contribution in [0.5, 0.6) is 11.5 Å². The van der Waals surface area contributed by atoms with Gasteiger partial charge >= 0.3 is 0 Å². The molecule has 28 heavy (non-hydrogen) atoms. The summed E-state index contributed by atoms with van der Waals surface area (Å²) in [6, 6.07) is 12.5. The molecule has 1 fully saturated rings. The second kappa shape index (κ2) is 10.5.